The van der Waals surface area contributed by atoms with E-state index in [-0.39, 0.29) is 11.9 Å². The van der Waals surface area contributed by atoms with Gasteiger partial charge in [0.25, 0.3) is 0 Å². The molecule has 1 radical (unpaired) electrons. The summed E-state index contributed by atoms with van der Waals surface area (Å²) >= 11 is 0. The summed E-state index contributed by atoms with van der Waals surface area (Å²) in [5.74, 6) is 0.0465. The van der Waals surface area contributed by atoms with Crippen molar-refractivity contribution >= 4 is 17.3 Å². The van der Waals surface area contributed by atoms with Crippen molar-refractivity contribution in [1.82, 2.24) is 10.6 Å². The summed E-state index contributed by atoms with van der Waals surface area (Å²) in [6, 6.07) is 6.09. The number of para-hydroxylation sites is 1. The fraction of sp³-hybridized carbons (Fsp3) is 0.562. The molecule has 1 aromatic carbocycles. The lowest BCUT2D eigenvalue weighted by molar-refractivity contribution is -0.122. The van der Waals surface area contributed by atoms with E-state index in [1.165, 1.54) is 32.1 Å². The lowest BCUT2D eigenvalue weighted by Crippen LogP contribution is -2.50. The topological polar surface area (TPSA) is 56.1 Å². The molecule has 1 aliphatic carbocycles. The minimum Gasteiger partial charge on any atom is -0.323 e. The summed E-state index contributed by atoms with van der Waals surface area (Å²) in [6.07, 6.45) is 7.00. The van der Waals surface area contributed by atoms with Gasteiger partial charge >= 0.3 is 0 Å². The molecular weight excluding hydrogens is 250 g/mol. The van der Waals surface area contributed by atoms with E-state index in [1.54, 1.807) is 6.07 Å². The fourth-order valence-electron chi connectivity index (χ4n) is 3.50. The number of amides is 1. The normalized spacial score (nSPS) is 23.5. The van der Waals surface area contributed by atoms with Crippen LogP contribution in [0.2, 0.25) is 0 Å². The molecule has 1 fully saturated rings. The number of hydrogen-bond donors (Lipinski definition) is 1. The number of benzene rings is 1. The van der Waals surface area contributed by atoms with Crippen LogP contribution in [-0.2, 0) is 11.2 Å². The van der Waals surface area contributed by atoms with Crippen LogP contribution in [0.25, 0.3) is 0 Å². The highest BCUT2D eigenvalue weighted by Crippen LogP contribution is 2.32. The number of nitrogens with one attached hydrogen (secondary N) is 2. The monoisotopic (exact) mass is 272 g/mol. The first-order valence-corrected chi connectivity index (χ1v) is 7.53. The van der Waals surface area contributed by atoms with E-state index in [4.69, 9.17) is 5.73 Å². The number of hydrogen-bond acceptors (Lipinski definition) is 2. The van der Waals surface area contributed by atoms with Gasteiger partial charge in [-0.3, -0.25) is 15.4 Å². The first-order chi connectivity index (χ1) is 9.66. The Kier molecular flexibility index (Phi) is 3.66. The van der Waals surface area contributed by atoms with Crippen LogP contribution in [0.5, 0.6) is 0 Å². The van der Waals surface area contributed by atoms with Gasteiger partial charge in [-0.2, -0.15) is 0 Å². The molecule has 1 aliphatic heterocycles. The number of carbonyl (C=O) groups excluding carboxylic acids is 1. The summed E-state index contributed by atoms with van der Waals surface area (Å²) in [4.78, 5) is 14.6. The van der Waals surface area contributed by atoms with Gasteiger partial charge in [0.15, 0.2) is 0 Å². The second-order valence-electron chi connectivity index (χ2n) is 6.01. The second-order valence-corrected chi connectivity index (χ2v) is 6.01. The summed E-state index contributed by atoms with van der Waals surface area (Å²) in [5.41, 5.74) is 10.1. The molecule has 0 aromatic heterocycles. The highest BCUT2D eigenvalue weighted by molar-refractivity contribution is 6.00. The Bertz CT molecular complexity index is 508. The molecule has 1 atom stereocenters. The summed E-state index contributed by atoms with van der Waals surface area (Å²) in [7, 11) is 2.08. The van der Waals surface area contributed by atoms with Crippen LogP contribution in [-0.4, -0.2) is 29.9 Å². The lowest BCUT2D eigenvalue weighted by Gasteiger charge is -2.38. The van der Waals surface area contributed by atoms with E-state index < -0.39 is 0 Å². The van der Waals surface area contributed by atoms with Crippen molar-refractivity contribution in [2.24, 2.45) is 0 Å². The molecule has 2 N–H and O–H groups in total. The number of nitrogens with zero attached hydrogens (tertiary/aromatic N) is 1. The van der Waals surface area contributed by atoms with E-state index in [1.807, 2.05) is 12.1 Å². The molecular formula is C16H22N3O. The zero-order valence-corrected chi connectivity index (χ0v) is 12.0. The van der Waals surface area contributed by atoms with E-state index >= 15 is 0 Å². The van der Waals surface area contributed by atoms with Crippen LogP contribution < -0.4 is 11.1 Å². The molecule has 1 aromatic rings. The number of fused-ring (bicyclic) bond motifs is 1. The molecule has 4 heteroatoms. The van der Waals surface area contributed by atoms with Gasteiger partial charge in [0.2, 0.25) is 5.91 Å². The Hall–Kier alpha value is -1.55. The minimum atomic E-state index is -0.0904. The first kappa shape index (κ1) is 13.4. The van der Waals surface area contributed by atoms with Crippen molar-refractivity contribution in [2.45, 2.75) is 50.6 Å². The van der Waals surface area contributed by atoms with Gasteiger partial charge in [-0.1, -0.05) is 31.4 Å². The molecule has 3 rings (SSSR count). The highest BCUT2D eigenvalue weighted by Gasteiger charge is 2.33. The van der Waals surface area contributed by atoms with Crippen molar-refractivity contribution < 1.29 is 4.79 Å². The molecule has 2 aliphatic rings. The third-order valence-corrected chi connectivity index (χ3v) is 4.76. The number of anilines is 1. The molecule has 4 nitrogen and oxygen atoms in total. The predicted octanol–water partition coefficient (Wildman–Crippen LogP) is 2.73. The molecule has 0 bridgehead atoms. The van der Waals surface area contributed by atoms with Crippen molar-refractivity contribution in [2.75, 3.05) is 12.4 Å². The van der Waals surface area contributed by atoms with E-state index in [2.05, 4.69) is 17.3 Å². The van der Waals surface area contributed by atoms with E-state index in [0.29, 0.717) is 17.4 Å². The van der Waals surface area contributed by atoms with Crippen molar-refractivity contribution in [3.05, 3.63) is 23.8 Å². The van der Waals surface area contributed by atoms with Crippen molar-refractivity contribution in [3.8, 4) is 0 Å². The van der Waals surface area contributed by atoms with Gasteiger partial charge in [-0.15, -0.1) is 0 Å². The third kappa shape index (κ3) is 2.40. The van der Waals surface area contributed by atoms with E-state index in [9.17, 15) is 4.79 Å². The van der Waals surface area contributed by atoms with Crippen LogP contribution in [0.1, 0.15) is 37.7 Å². The average molecular weight is 272 g/mol. The summed E-state index contributed by atoms with van der Waals surface area (Å²) in [5, 5.41) is 2.93. The molecule has 1 unspecified atom stereocenters. The van der Waals surface area contributed by atoms with Crippen LogP contribution in [0, 0.1) is 0 Å². The minimum absolute atomic E-state index is 0.0465. The Balaban J connectivity index is 1.79. The largest absolute Gasteiger partial charge is 0.323 e. The molecule has 1 saturated carbocycles. The van der Waals surface area contributed by atoms with Gasteiger partial charge in [-0.05, 0) is 37.9 Å². The summed E-state index contributed by atoms with van der Waals surface area (Å²) in [6.45, 7) is 0. The SMILES string of the molecule is CN(C1CCCCC1)C1Cc2cccc([NH])c2NC1=O. The Labute approximate surface area is 120 Å². The standard InChI is InChI=1S/C16H22N3O/c1-19(12-7-3-2-4-8-12)14-10-11-6-5-9-13(17)15(11)18-16(14)20/h5-6,9,12,14,17H,2-4,7-8,10H2,1H3,(H,18,20). The zero-order valence-electron chi connectivity index (χ0n) is 12.0. The third-order valence-electron chi connectivity index (χ3n) is 4.76. The molecule has 1 heterocycles. The van der Waals surface area contributed by atoms with Crippen molar-refractivity contribution in [3.63, 3.8) is 0 Å². The maximum atomic E-state index is 12.4. The lowest BCUT2D eigenvalue weighted by atomic mass is 9.91. The van der Waals surface area contributed by atoms with Gasteiger partial charge in [0, 0.05) is 6.04 Å². The van der Waals surface area contributed by atoms with E-state index in [0.717, 1.165) is 12.0 Å². The predicted molar refractivity (Wildman–Crippen MR) is 80.0 cm³/mol. The molecule has 0 spiro atoms. The average Bonchev–Trinajstić information content (AvgIpc) is 2.48. The van der Waals surface area contributed by atoms with Crippen LogP contribution in [0.15, 0.2) is 18.2 Å². The van der Waals surface area contributed by atoms with Gasteiger partial charge < -0.3 is 5.32 Å². The van der Waals surface area contributed by atoms with Crippen molar-refractivity contribution in [1.29, 1.82) is 0 Å². The number of carbonyl (C=O) groups is 1. The van der Waals surface area contributed by atoms with Crippen LogP contribution in [0.3, 0.4) is 0 Å². The van der Waals surface area contributed by atoms with Crippen LogP contribution >= 0.6 is 0 Å². The first-order valence-electron chi connectivity index (χ1n) is 7.53. The van der Waals surface area contributed by atoms with Gasteiger partial charge in [0.1, 0.15) is 0 Å². The quantitative estimate of drug-likeness (QED) is 0.900. The molecule has 107 valence electrons. The van der Waals surface area contributed by atoms with Gasteiger partial charge in [0.05, 0.1) is 17.4 Å². The van der Waals surface area contributed by atoms with Gasteiger partial charge in [-0.25, -0.2) is 0 Å². The number of likely N-dealkylation sites (N-methyl/N-ethyl adjacent to an activating group) is 1. The zero-order chi connectivity index (χ0) is 14.1. The molecule has 1 amide bonds. The molecule has 0 saturated heterocycles. The smallest absolute Gasteiger partial charge is 0.242 e. The summed E-state index contributed by atoms with van der Waals surface area (Å²) < 4.78 is 0. The number of rotatable bonds is 2. The van der Waals surface area contributed by atoms with Crippen LogP contribution in [0.4, 0.5) is 11.4 Å². The maximum absolute atomic E-state index is 12.4. The Morgan fingerprint density at radius 1 is 1.25 bits per heavy atom. The Morgan fingerprint density at radius 3 is 2.75 bits per heavy atom. The Morgan fingerprint density at radius 2 is 2.00 bits per heavy atom. The maximum Gasteiger partial charge on any atom is 0.242 e. The fourth-order valence-corrected chi connectivity index (χ4v) is 3.50. The molecule has 20 heavy (non-hydrogen) atoms. The second kappa shape index (κ2) is 5.44. The highest BCUT2D eigenvalue weighted by atomic mass is 16.2.